The van der Waals surface area contributed by atoms with Crippen LogP contribution in [-0.4, -0.2) is 25.0 Å². The lowest BCUT2D eigenvalue weighted by Gasteiger charge is -2.35. The fourth-order valence-corrected chi connectivity index (χ4v) is 2.64. The van der Waals surface area contributed by atoms with E-state index >= 15 is 0 Å². The van der Waals surface area contributed by atoms with Gasteiger partial charge >= 0.3 is 0 Å². The molecule has 2 rings (SSSR count). The molecule has 3 N–H and O–H groups in total. The first-order valence-electron chi connectivity index (χ1n) is 6.26. The van der Waals surface area contributed by atoms with Crippen LogP contribution in [0.1, 0.15) is 32.3 Å². The van der Waals surface area contributed by atoms with E-state index in [-0.39, 0.29) is 11.4 Å². The Kier molecular flexibility index (Phi) is 3.20. The average molecular weight is 247 g/mol. The lowest BCUT2D eigenvalue weighted by molar-refractivity contribution is 0.414. The summed E-state index contributed by atoms with van der Waals surface area (Å²) >= 11 is 0. The van der Waals surface area contributed by atoms with Gasteiger partial charge in [-0.05, 0) is 38.8 Å². The van der Waals surface area contributed by atoms with Gasteiger partial charge < -0.3 is 15.4 Å². The van der Waals surface area contributed by atoms with Crippen molar-refractivity contribution in [2.75, 3.05) is 18.6 Å². The minimum atomic E-state index is 0.107. The number of nitrogens with two attached hydrogens (primary N) is 1. The molecule has 4 heteroatoms. The number of methoxy groups -OCH3 is 1. The predicted molar refractivity (Wildman–Crippen MR) is 74.7 cm³/mol. The molecule has 4 nitrogen and oxygen atoms in total. The zero-order valence-electron chi connectivity index (χ0n) is 11.3. The van der Waals surface area contributed by atoms with Crippen molar-refractivity contribution in [2.24, 2.45) is 5.73 Å². The molecule has 0 aliphatic carbocycles. The highest BCUT2D eigenvalue weighted by atomic mass is 16.5. The molecule has 1 aliphatic heterocycles. The minimum Gasteiger partial charge on any atom is -0.497 e. The minimum absolute atomic E-state index is 0.107. The molecule has 0 spiro atoms. The summed E-state index contributed by atoms with van der Waals surface area (Å²) in [5.41, 5.74) is 7.57. The van der Waals surface area contributed by atoms with Crippen molar-refractivity contribution in [1.29, 1.82) is 5.41 Å². The van der Waals surface area contributed by atoms with Crippen LogP contribution in [0, 0.1) is 5.41 Å². The fraction of sp³-hybridized carbons (Fsp3) is 0.500. The van der Waals surface area contributed by atoms with Crippen molar-refractivity contribution in [2.45, 2.75) is 32.2 Å². The summed E-state index contributed by atoms with van der Waals surface area (Å²) < 4.78 is 5.28. The zero-order valence-corrected chi connectivity index (χ0v) is 11.3. The highest BCUT2D eigenvalue weighted by molar-refractivity contribution is 6.01. The van der Waals surface area contributed by atoms with Gasteiger partial charge in [0.05, 0.1) is 12.8 Å². The fourth-order valence-electron chi connectivity index (χ4n) is 2.64. The van der Waals surface area contributed by atoms with E-state index in [4.69, 9.17) is 15.9 Å². The van der Waals surface area contributed by atoms with Gasteiger partial charge in [0.2, 0.25) is 0 Å². The van der Waals surface area contributed by atoms with Gasteiger partial charge in [-0.25, -0.2) is 0 Å². The van der Waals surface area contributed by atoms with Gasteiger partial charge in [-0.3, -0.25) is 5.41 Å². The number of hydrogen-bond acceptors (Lipinski definition) is 3. The van der Waals surface area contributed by atoms with Gasteiger partial charge in [0, 0.05) is 23.7 Å². The first kappa shape index (κ1) is 12.7. The van der Waals surface area contributed by atoms with Gasteiger partial charge in [-0.15, -0.1) is 0 Å². The van der Waals surface area contributed by atoms with Crippen molar-refractivity contribution >= 4 is 11.5 Å². The summed E-state index contributed by atoms with van der Waals surface area (Å²) in [6.45, 7) is 5.45. The molecule has 0 bridgehead atoms. The average Bonchev–Trinajstić information content (AvgIpc) is 2.67. The van der Waals surface area contributed by atoms with Crippen LogP contribution in [0.15, 0.2) is 18.2 Å². The summed E-state index contributed by atoms with van der Waals surface area (Å²) in [6.07, 6.45) is 2.32. The Bertz CT molecular complexity index is 468. The molecule has 0 saturated carbocycles. The van der Waals surface area contributed by atoms with Crippen molar-refractivity contribution in [3.05, 3.63) is 23.8 Å². The molecule has 1 fully saturated rings. The Morgan fingerprint density at radius 3 is 2.67 bits per heavy atom. The number of nitrogens with one attached hydrogen (secondary N) is 1. The van der Waals surface area contributed by atoms with Crippen LogP contribution >= 0.6 is 0 Å². The van der Waals surface area contributed by atoms with E-state index in [9.17, 15) is 0 Å². The van der Waals surface area contributed by atoms with Gasteiger partial charge in [0.25, 0.3) is 0 Å². The lowest BCUT2D eigenvalue weighted by Crippen LogP contribution is -2.39. The standard InChI is InChI=1S/C14H21N3O/c1-14(2)7-4-8-17(14)12-9-10(18-3)5-6-11(12)13(15)16/h5-6,9H,4,7-8H2,1-3H3,(H3,15,16). The normalized spacial score (nSPS) is 17.8. The highest BCUT2D eigenvalue weighted by Gasteiger charge is 2.33. The van der Waals surface area contributed by atoms with Crippen molar-refractivity contribution in [3.8, 4) is 5.75 Å². The third-order valence-electron chi connectivity index (χ3n) is 3.69. The molecule has 1 aliphatic rings. The molecule has 18 heavy (non-hydrogen) atoms. The molecular weight excluding hydrogens is 226 g/mol. The first-order valence-corrected chi connectivity index (χ1v) is 6.26. The number of nitrogens with zero attached hydrogens (tertiary/aromatic N) is 1. The number of rotatable bonds is 3. The topological polar surface area (TPSA) is 62.3 Å². The van der Waals surface area contributed by atoms with Crippen LogP contribution in [0.3, 0.4) is 0 Å². The van der Waals surface area contributed by atoms with Crippen molar-refractivity contribution in [1.82, 2.24) is 0 Å². The first-order chi connectivity index (χ1) is 8.45. The lowest BCUT2D eigenvalue weighted by atomic mass is 10.00. The Balaban J connectivity index is 2.50. The molecule has 98 valence electrons. The molecule has 1 aromatic rings. The summed E-state index contributed by atoms with van der Waals surface area (Å²) in [5.74, 6) is 0.910. The van der Waals surface area contributed by atoms with E-state index in [1.165, 1.54) is 6.42 Å². The van der Waals surface area contributed by atoms with Gasteiger partial charge in [0.15, 0.2) is 0 Å². The second kappa shape index (κ2) is 4.52. The van der Waals surface area contributed by atoms with Crippen LogP contribution in [0.25, 0.3) is 0 Å². The van der Waals surface area contributed by atoms with E-state index in [2.05, 4.69) is 18.7 Å². The smallest absolute Gasteiger partial charge is 0.124 e. The predicted octanol–water partition coefficient (Wildman–Crippen LogP) is 2.36. The molecule has 0 amide bonds. The van der Waals surface area contributed by atoms with E-state index in [1.54, 1.807) is 7.11 Å². The molecular formula is C14H21N3O. The van der Waals surface area contributed by atoms with Crippen molar-refractivity contribution in [3.63, 3.8) is 0 Å². The van der Waals surface area contributed by atoms with Crippen molar-refractivity contribution < 1.29 is 4.74 Å². The number of anilines is 1. The van der Waals surface area contributed by atoms with Crippen LogP contribution in [-0.2, 0) is 0 Å². The van der Waals surface area contributed by atoms with Gasteiger partial charge in [-0.2, -0.15) is 0 Å². The quantitative estimate of drug-likeness (QED) is 0.636. The Labute approximate surface area is 108 Å². The third-order valence-corrected chi connectivity index (χ3v) is 3.69. The molecule has 1 aromatic carbocycles. The highest BCUT2D eigenvalue weighted by Crippen LogP contribution is 2.37. The van der Waals surface area contributed by atoms with E-state index < -0.39 is 0 Å². The van der Waals surface area contributed by atoms with E-state index in [1.807, 2.05) is 18.2 Å². The monoisotopic (exact) mass is 247 g/mol. The van der Waals surface area contributed by atoms with Crippen LogP contribution in [0.2, 0.25) is 0 Å². The molecule has 1 heterocycles. The SMILES string of the molecule is COc1ccc(C(=N)N)c(N2CCCC2(C)C)c1. The molecule has 0 aromatic heterocycles. The molecule has 0 radical (unpaired) electrons. The van der Waals surface area contributed by atoms with Crippen LogP contribution < -0.4 is 15.4 Å². The maximum atomic E-state index is 7.71. The Hall–Kier alpha value is -1.71. The number of amidine groups is 1. The van der Waals surface area contributed by atoms with E-state index in [0.29, 0.717) is 0 Å². The van der Waals surface area contributed by atoms with Crippen LogP contribution in [0.5, 0.6) is 5.75 Å². The zero-order chi connectivity index (χ0) is 13.3. The van der Waals surface area contributed by atoms with Gasteiger partial charge in [0.1, 0.15) is 11.6 Å². The Morgan fingerprint density at radius 1 is 1.44 bits per heavy atom. The van der Waals surface area contributed by atoms with Gasteiger partial charge in [-0.1, -0.05) is 0 Å². The maximum Gasteiger partial charge on any atom is 0.124 e. The molecule has 0 atom stereocenters. The second-order valence-electron chi connectivity index (χ2n) is 5.36. The van der Waals surface area contributed by atoms with E-state index in [0.717, 1.165) is 30.0 Å². The third kappa shape index (κ3) is 2.15. The number of hydrogen-bond donors (Lipinski definition) is 2. The maximum absolute atomic E-state index is 7.71. The summed E-state index contributed by atoms with van der Waals surface area (Å²) in [6, 6.07) is 5.69. The summed E-state index contributed by atoms with van der Waals surface area (Å²) in [5, 5.41) is 7.71. The summed E-state index contributed by atoms with van der Waals surface area (Å²) in [4.78, 5) is 2.33. The number of ether oxygens (including phenoxy) is 1. The second-order valence-corrected chi connectivity index (χ2v) is 5.36. The largest absolute Gasteiger partial charge is 0.497 e. The number of nitrogen functional groups attached to an aromatic ring is 1. The van der Waals surface area contributed by atoms with Crippen LogP contribution in [0.4, 0.5) is 5.69 Å². The Morgan fingerprint density at radius 2 is 2.17 bits per heavy atom. The molecule has 1 saturated heterocycles. The summed E-state index contributed by atoms with van der Waals surface area (Å²) in [7, 11) is 1.65. The number of benzene rings is 1. The molecule has 0 unspecified atom stereocenters.